The summed E-state index contributed by atoms with van der Waals surface area (Å²) < 4.78 is 5.49. The van der Waals surface area contributed by atoms with Gasteiger partial charge >= 0.3 is 0 Å². The molecule has 0 radical (unpaired) electrons. The molecule has 1 aromatic carbocycles. The van der Waals surface area contributed by atoms with Crippen molar-refractivity contribution in [1.82, 2.24) is 10.2 Å². The molecule has 7 heteroatoms. The Hall–Kier alpha value is -2.80. The highest BCUT2D eigenvalue weighted by atomic mass is 32.1. The van der Waals surface area contributed by atoms with E-state index in [0.29, 0.717) is 24.6 Å². The quantitative estimate of drug-likeness (QED) is 0.666. The number of carbonyl (C=O) groups excluding carboxylic acids is 1. The van der Waals surface area contributed by atoms with Crippen molar-refractivity contribution in [3.05, 3.63) is 46.8 Å². The van der Waals surface area contributed by atoms with Crippen LogP contribution in [0, 0.1) is 0 Å². The smallest absolute Gasteiger partial charge is 0.226 e. The summed E-state index contributed by atoms with van der Waals surface area (Å²) in [6.07, 6.45) is 0.321. The van der Waals surface area contributed by atoms with Crippen molar-refractivity contribution in [2.75, 3.05) is 11.9 Å². The van der Waals surface area contributed by atoms with Crippen LogP contribution in [0.1, 0.15) is 30.4 Å². The van der Waals surface area contributed by atoms with E-state index in [2.05, 4.69) is 15.5 Å². The second-order valence-corrected chi connectivity index (χ2v) is 6.75. The predicted molar refractivity (Wildman–Crippen MR) is 96.3 cm³/mol. The van der Waals surface area contributed by atoms with E-state index in [0.717, 1.165) is 21.7 Å². The van der Waals surface area contributed by atoms with Crippen molar-refractivity contribution >= 4 is 23.1 Å². The van der Waals surface area contributed by atoms with E-state index in [-0.39, 0.29) is 17.6 Å². The summed E-state index contributed by atoms with van der Waals surface area (Å²) in [4.78, 5) is 13.2. The number of hydrogen-bond donors (Lipinski definition) is 3. The largest absolute Gasteiger partial charge is 0.504 e. The number of benzene rings is 1. The summed E-state index contributed by atoms with van der Waals surface area (Å²) in [6, 6.07) is 9.25. The molecule has 1 aliphatic heterocycles. The van der Waals surface area contributed by atoms with Crippen molar-refractivity contribution in [3.63, 3.8) is 0 Å². The van der Waals surface area contributed by atoms with Gasteiger partial charge in [-0.25, -0.2) is 0 Å². The molecule has 1 amide bonds. The van der Waals surface area contributed by atoms with Gasteiger partial charge in [0.2, 0.25) is 5.91 Å². The highest BCUT2D eigenvalue weighted by molar-refractivity contribution is 7.13. The summed E-state index contributed by atoms with van der Waals surface area (Å²) >= 11 is 1.62. The van der Waals surface area contributed by atoms with Gasteiger partial charge in [0.25, 0.3) is 0 Å². The highest BCUT2D eigenvalue weighted by Gasteiger charge is 2.32. The number of phenols is 1. The fourth-order valence-corrected chi connectivity index (χ4v) is 3.90. The molecule has 0 spiro atoms. The third kappa shape index (κ3) is 2.76. The molecule has 0 fully saturated rings. The number of ether oxygens (including phenoxy) is 1. The van der Waals surface area contributed by atoms with Crippen LogP contribution in [0.25, 0.3) is 10.6 Å². The van der Waals surface area contributed by atoms with E-state index in [1.807, 2.05) is 30.5 Å². The van der Waals surface area contributed by atoms with Gasteiger partial charge in [0.15, 0.2) is 17.3 Å². The molecule has 1 atom stereocenters. The van der Waals surface area contributed by atoms with E-state index < -0.39 is 0 Å². The lowest BCUT2D eigenvalue weighted by atomic mass is 9.85. The SMILES string of the molecule is CCOc1cc(C2CC(=O)Nc3n[nH]c(-c4cccs4)c32)ccc1O. The van der Waals surface area contributed by atoms with Crippen LogP contribution in [-0.2, 0) is 4.79 Å². The van der Waals surface area contributed by atoms with Gasteiger partial charge in [0.1, 0.15) is 0 Å². The van der Waals surface area contributed by atoms with Crippen molar-refractivity contribution in [2.45, 2.75) is 19.3 Å². The summed E-state index contributed by atoms with van der Waals surface area (Å²) in [6.45, 7) is 2.32. The maximum Gasteiger partial charge on any atom is 0.226 e. The number of nitrogens with zero attached hydrogens (tertiary/aromatic N) is 1. The zero-order valence-corrected chi connectivity index (χ0v) is 14.4. The Morgan fingerprint density at radius 3 is 3.04 bits per heavy atom. The number of rotatable bonds is 4. The van der Waals surface area contributed by atoms with Gasteiger partial charge < -0.3 is 15.2 Å². The maximum absolute atomic E-state index is 12.1. The number of amides is 1. The minimum atomic E-state index is -0.153. The second-order valence-electron chi connectivity index (χ2n) is 5.80. The summed E-state index contributed by atoms with van der Waals surface area (Å²) in [5.41, 5.74) is 2.80. The molecule has 128 valence electrons. The molecule has 3 N–H and O–H groups in total. The number of phenolic OH excluding ortho intramolecular Hbond substituents is 1. The molecule has 6 nitrogen and oxygen atoms in total. The zero-order chi connectivity index (χ0) is 17.4. The molecular weight excluding hydrogens is 338 g/mol. The zero-order valence-electron chi connectivity index (χ0n) is 13.6. The van der Waals surface area contributed by atoms with Crippen molar-refractivity contribution in [2.24, 2.45) is 0 Å². The summed E-state index contributed by atoms with van der Waals surface area (Å²) in [5.74, 6) is 0.855. The number of H-pyrrole nitrogens is 1. The van der Waals surface area contributed by atoms with E-state index in [4.69, 9.17) is 4.74 Å². The maximum atomic E-state index is 12.1. The first-order valence-corrected chi connectivity index (χ1v) is 8.93. The standard InChI is InChI=1S/C18H17N3O3S/c1-2-24-13-8-10(5-6-12(13)22)11-9-15(23)19-18-16(11)17(20-21-18)14-4-3-7-25-14/h3-8,11,22H,2,9H2,1H3,(H2,19,20,21,23). The van der Waals surface area contributed by atoms with Crippen LogP contribution in [-0.4, -0.2) is 27.8 Å². The number of aromatic nitrogens is 2. The second kappa shape index (κ2) is 6.25. The molecule has 3 aromatic rings. The molecular formula is C18H17N3O3S. The molecule has 0 aliphatic carbocycles. The number of fused-ring (bicyclic) bond motifs is 1. The normalized spacial score (nSPS) is 16.4. The molecule has 25 heavy (non-hydrogen) atoms. The Kier molecular flexibility index (Phi) is 3.93. The minimum absolute atomic E-state index is 0.0761. The lowest BCUT2D eigenvalue weighted by Crippen LogP contribution is -2.23. The fourth-order valence-electron chi connectivity index (χ4n) is 3.17. The average Bonchev–Trinajstić information content (AvgIpc) is 3.25. The lowest BCUT2D eigenvalue weighted by Gasteiger charge is -2.24. The Labute approximate surface area is 148 Å². The molecule has 0 saturated carbocycles. The average molecular weight is 355 g/mol. The molecule has 3 heterocycles. The van der Waals surface area contributed by atoms with Gasteiger partial charge in [-0.2, -0.15) is 5.10 Å². The number of aromatic hydroxyl groups is 1. The van der Waals surface area contributed by atoms with Crippen LogP contribution in [0.5, 0.6) is 11.5 Å². The van der Waals surface area contributed by atoms with Crippen LogP contribution in [0.4, 0.5) is 5.82 Å². The van der Waals surface area contributed by atoms with Crippen LogP contribution in [0.2, 0.25) is 0 Å². The van der Waals surface area contributed by atoms with E-state index in [1.165, 1.54) is 0 Å². The van der Waals surface area contributed by atoms with Crippen molar-refractivity contribution < 1.29 is 14.6 Å². The fraction of sp³-hybridized carbons (Fsp3) is 0.222. The number of nitrogens with one attached hydrogen (secondary N) is 2. The first-order valence-electron chi connectivity index (χ1n) is 8.05. The van der Waals surface area contributed by atoms with Crippen molar-refractivity contribution in [1.29, 1.82) is 0 Å². The highest BCUT2D eigenvalue weighted by Crippen LogP contribution is 2.44. The van der Waals surface area contributed by atoms with Gasteiger partial charge in [-0.05, 0) is 36.1 Å². The third-order valence-corrected chi connectivity index (χ3v) is 5.14. The number of carbonyl (C=O) groups is 1. The lowest BCUT2D eigenvalue weighted by molar-refractivity contribution is -0.116. The number of hydrogen-bond acceptors (Lipinski definition) is 5. The number of aromatic amines is 1. The monoisotopic (exact) mass is 355 g/mol. The Bertz CT molecular complexity index is 918. The molecule has 0 bridgehead atoms. The summed E-state index contributed by atoms with van der Waals surface area (Å²) in [5, 5.41) is 22.1. The third-order valence-electron chi connectivity index (χ3n) is 4.25. The molecule has 0 saturated heterocycles. The molecule has 1 unspecified atom stereocenters. The predicted octanol–water partition coefficient (Wildman–Crippen LogP) is 3.72. The van der Waals surface area contributed by atoms with Gasteiger partial charge in [0.05, 0.1) is 17.2 Å². The topological polar surface area (TPSA) is 87.2 Å². The van der Waals surface area contributed by atoms with E-state index in [9.17, 15) is 9.90 Å². The first kappa shape index (κ1) is 15.7. The Morgan fingerprint density at radius 1 is 1.40 bits per heavy atom. The minimum Gasteiger partial charge on any atom is -0.504 e. The molecule has 1 aliphatic rings. The summed E-state index contributed by atoms with van der Waals surface area (Å²) in [7, 11) is 0. The van der Waals surface area contributed by atoms with Crippen LogP contribution < -0.4 is 10.1 Å². The van der Waals surface area contributed by atoms with Gasteiger partial charge in [-0.3, -0.25) is 9.89 Å². The van der Waals surface area contributed by atoms with Crippen LogP contribution >= 0.6 is 11.3 Å². The van der Waals surface area contributed by atoms with Crippen molar-refractivity contribution in [3.8, 4) is 22.1 Å². The molecule has 2 aromatic heterocycles. The van der Waals surface area contributed by atoms with E-state index >= 15 is 0 Å². The van der Waals surface area contributed by atoms with E-state index in [1.54, 1.807) is 23.5 Å². The number of anilines is 1. The van der Waals surface area contributed by atoms with Gasteiger partial charge in [0, 0.05) is 17.9 Å². The van der Waals surface area contributed by atoms with Crippen LogP contribution in [0.15, 0.2) is 35.7 Å². The number of thiophene rings is 1. The first-order chi connectivity index (χ1) is 12.2. The van der Waals surface area contributed by atoms with Gasteiger partial charge in [-0.1, -0.05) is 12.1 Å². The molecule has 4 rings (SSSR count). The Balaban J connectivity index is 1.83. The Morgan fingerprint density at radius 2 is 2.28 bits per heavy atom. The van der Waals surface area contributed by atoms with Crippen LogP contribution in [0.3, 0.4) is 0 Å². The van der Waals surface area contributed by atoms with Gasteiger partial charge in [-0.15, -0.1) is 11.3 Å².